The number of carbonyl (C=O) groups excluding carboxylic acids is 1. The molecule has 0 saturated carbocycles. The highest BCUT2D eigenvalue weighted by Crippen LogP contribution is 2.30. The Balaban J connectivity index is 2.64. The standard InChI is InChI=1S/C11H13NO2/c1-3-8-9(13)5-4-7-6-12(2)11(14)10(7)8/h4-5,13H,3,6H2,1-2H3. The summed E-state index contributed by atoms with van der Waals surface area (Å²) in [6.07, 6.45) is 0.689. The van der Waals surface area contributed by atoms with E-state index in [1.165, 1.54) is 0 Å². The van der Waals surface area contributed by atoms with Gasteiger partial charge in [0.25, 0.3) is 5.91 Å². The van der Waals surface area contributed by atoms with Gasteiger partial charge in [0.1, 0.15) is 5.75 Å². The molecular formula is C11H13NO2. The van der Waals surface area contributed by atoms with Crippen LogP contribution in [0.4, 0.5) is 0 Å². The zero-order valence-corrected chi connectivity index (χ0v) is 8.37. The average Bonchev–Trinajstić information content (AvgIpc) is 2.45. The highest BCUT2D eigenvalue weighted by atomic mass is 16.3. The lowest BCUT2D eigenvalue weighted by Gasteiger charge is -2.07. The first-order chi connectivity index (χ1) is 6.65. The summed E-state index contributed by atoms with van der Waals surface area (Å²) < 4.78 is 0. The van der Waals surface area contributed by atoms with E-state index in [0.717, 1.165) is 11.1 Å². The van der Waals surface area contributed by atoms with E-state index in [-0.39, 0.29) is 11.7 Å². The van der Waals surface area contributed by atoms with E-state index in [0.29, 0.717) is 18.5 Å². The first-order valence-corrected chi connectivity index (χ1v) is 4.74. The number of hydrogen-bond acceptors (Lipinski definition) is 2. The fourth-order valence-electron chi connectivity index (χ4n) is 1.96. The molecule has 3 heteroatoms. The fourth-order valence-corrected chi connectivity index (χ4v) is 1.96. The molecule has 3 nitrogen and oxygen atoms in total. The molecule has 74 valence electrons. The topological polar surface area (TPSA) is 40.5 Å². The minimum absolute atomic E-state index is 0.0211. The van der Waals surface area contributed by atoms with Gasteiger partial charge in [0, 0.05) is 19.2 Å². The minimum Gasteiger partial charge on any atom is -0.508 e. The van der Waals surface area contributed by atoms with Crippen LogP contribution in [0.3, 0.4) is 0 Å². The van der Waals surface area contributed by atoms with Crippen LogP contribution in [0.25, 0.3) is 0 Å². The van der Waals surface area contributed by atoms with Crippen LogP contribution in [0.5, 0.6) is 5.75 Å². The van der Waals surface area contributed by atoms with Gasteiger partial charge in [-0.05, 0) is 18.1 Å². The third-order valence-corrected chi connectivity index (χ3v) is 2.70. The summed E-state index contributed by atoms with van der Waals surface area (Å²) >= 11 is 0. The molecule has 0 bridgehead atoms. The van der Waals surface area contributed by atoms with Crippen LogP contribution in [-0.2, 0) is 13.0 Å². The number of amides is 1. The molecule has 1 amide bonds. The Kier molecular flexibility index (Phi) is 1.95. The van der Waals surface area contributed by atoms with Gasteiger partial charge in [-0.1, -0.05) is 13.0 Å². The van der Waals surface area contributed by atoms with Crippen molar-refractivity contribution in [3.63, 3.8) is 0 Å². The summed E-state index contributed by atoms with van der Waals surface area (Å²) in [6, 6.07) is 3.50. The third kappa shape index (κ3) is 1.09. The summed E-state index contributed by atoms with van der Waals surface area (Å²) in [4.78, 5) is 13.4. The van der Waals surface area contributed by atoms with E-state index in [1.54, 1.807) is 18.0 Å². The van der Waals surface area contributed by atoms with Crippen molar-refractivity contribution < 1.29 is 9.90 Å². The Labute approximate surface area is 83.0 Å². The van der Waals surface area contributed by atoms with Gasteiger partial charge in [-0.15, -0.1) is 0 Å². The molecule has 0 fully saturated rings. The molecule has 1 aromatic carbocycles. The van der Waals surface area contributed by atoms with Crippen LogP contribution in [-0.4, -0.2) is 23.0 Å². The molecule has 0 unspecified atom stereocenters. The summed E-state index contributed by atoms with van der Waals surface area (Å²) in [5.74, 6) is 0.252. The molecule has 1 aliphatic heterocycles. The molecule has 1 heterocycles. The van der Waals surface area contributed by atoms with Crippen LogP contribution < -0.4 is 0 Å². The predicted octanol–water partition coefficient (Wildman–Crippen LogP) is 1.54. The van der Waals surface area contributed by atoms with Gasteiger partial charge < -0.3 is 10.0 Å². The maximum absolute atomic E-state index is 11.7. The monoisotopic (exact) mass is 191 g/mol. The maximum Gasteiger partial charge on any atom is 0.254 e. The van der Waals surface area contributed by atoms with Crippen LogP contribution >= 0.6 is 0 Å². The van der Waals surface area contributed by atoms with Gasteiger partial charge in [-0.2, -0.15) is 0 Å². The van der Waals surface area contributed by atoms with Crippen molar-refractivity contribution in [2.75, 3.05) is 7.05 Å². The molecule has 0 saturated heterocycles. The van der Waals surface area contributed by atoms with Crippen molar-refractivity contribution >= 4 is 5.91 Å². The average molecular weight is 191 g/mol. The smallest absolute Gasteiger partial charge is 0.254 e. The second-order valence-corrected chi connectivity index (χ2v) is 3.61. The minimum atomic E-state index is 0.0211. The molecule has 0 radical (unpaired) electrons. The number of benzene rings is 1. The SMILES string of the molecule is CCc1c(O)ccc2c1C(=O)N(C)C2. The Morgan fingerprint density at radius 3 is 2.86 bits per heavy atom. The fraction of sp³-hybridized carbons (Fsp3) is 0.364. The number of carbonyl (C=O) groups is 1. The van der Waals surface area contributed by atoms with Crippen molar-refractivity contribution in [1.29, 1.82) is 0 Å². The quantitative estimate of drug-likeness (QED) is 0.731. The number of rotatable bonds is 1. The van der Waals surface area contributed by atoms with Crippen LogP contribution in [0.15, 0.2) is 12.1 Å². The van der Waals surface area contributed by atoms with Crippen molar-refractivity contribution in [1.82, 2.24) is 4.90 Å². The first kappa shape index (κ1) is 9.06. The Hall–Kier alpha value is -1.51. The molecule has 0 aliphatic carbocycles. The molecule has 1 aromatic rings. The second kappa shape index (κ2) is 3.01. The summed E-state index contributed by atoms with van der Waals surface area (Å²) in [7, 11) is 1.78. The van der Waals surface area contributed by atoms with E-state index in [9.17, 15) is 9.90 Å². The van der Waals surface area contributed by atoms with Gasteiger partial charge >= 0.3 is 0 Å². The van der Waals surface area contributed by atoms with E-state index >= 15 is 0 Å². The molecule has 0 atom stereocenters. The Bertz CT molecular complexity index is 399. The maximum atomic E-state index is 11.7. The van der Waals surface area contributed by atoms with Gasteiger partial charge in [0.05, 0.1) is 5.56 Å². The van der Waals surface area contributed by atoms with Crippen molar-refractivity contribution in [3.05, 3.63) is 28.8 Å². The van der Waals surface area contributed by atoms with Gasteiger partial charge in [-0.3, -0.25) is 4.79 Å². The Morgan fingerprint density at radius 2 is 2.21 bits per heavy atom. The van der Waals surface area contributed by atoms with E-state index in [2.05, 4.69) is 0 Å². The molecule has 2 rings (SSSR count). The van der Waals surface area contributed by atoms with Crippen molar-refractivity contribution in [3.8, 4) is 5.75 Å². The number of hydrogen-bond donors (Lipinski definition) is 1. The Morgan fingerprint density at radius 1 is 1.50 bits per heavy atom. The van der Waals surface area contributed by atoms with E-state index in [4.69, 9.17) is 0 Å². The normalized spacial score (nSPS) is 14.7. The first-order valence-electron chi connectivity index (χ1n) is 4.74. The van der Waals surface area contributed by atoms with Gasteiger partial charge in [0.15, 0.2) is 0 Å². The molecule has 1 N–H and O–H groups in total. The highest BCUT2D eigenvalue weighted by molar-refractivity contribution is 6.00. The summed E-state index contributed by atoms with van der Waals surface area (Å²) in [5.41, 5.74) is 2.50. The van der Waals surface area contributed by atoms with E-state index < -0.39 is 0 Å². The van der Waals surface area contributed by atoms with Crippen molar-refractivity contribution in [2.24, 2.45) is 0 Å². The predicted molar refractivity (Wildman–Crippen MR) is 53.3 cm³/mol. The van der Waals surface area contributed by atoms with Crippen LogP contribution in [0.2, 0.25) is 0 Å². The zero-order chi connectivity index (χ0) is 10.3. The summed E-state index contributed by atoms with van der Waals surface area (Å²) in [5, 5.41) is 9.61. The lowest BCUT2D eigenvalue weighted by molar-refractivity contribution is 0.0815. The zero-order valence-electron chi connectivity index (χ0n) is 8.37. The molecular weight excluding hydrogens is 178 g/mol. The lowest BCUT2D eigenvalue weighted by atomic mass is 10.0. The number of phenols is 1. The summed E-state index contributed by atoms with van der Waals surface area (Å²) in [6.45, 7) is 2.60. The van der Waals surface area contributed by atoms with Gasteiger partial charge in [0.2, 0.25) is 0 Å². The molecule has 14 heavy (non-hydrogen) atoms. The largest absolute Gasteiger partial charge is 0.508 e. The molecule has 1 aliphatic rings. The van der Waals surface area contributed by atoms with Crippen molar-refractivity contribution in [2.45, 2.75) is 19.9 Å². The number of phenolic OH excluding ortho intramolecular Hbond substituents is 1. The number of nitrogens with zero attached hydrogens (tertiary/aromatic N) is 1. The highest BCUT2D eigenvalue weighted by Gasteiger charge is 2.27. The number of fused-ring (bicyclic) bond motifs is 1. The lowest BCUT2D eigenvalue weighted by Crippen LogP contribution is -2.18. The van der Waals surface area contributed by atoms with Crippen LogP contribution in [0.1, 0.15) is 28.4 Å². The third-order valence-electron chi connectivity index (χ3n) is 2.70. The van der Waals surface area contributed by atoms with Gasteiger partial charge in [-0.25, -0.2) is 0 Å². The second-order valence-electron chi connectivity index (χ2n) is 3.61. The van der Waals surface area contributed by atoms with Crippen LogP contribution in [0, 0.1) is 0 Å². The molecule has 0 aromatic heterocycles. The molecule has 0 spiro atoms. The van der Waals surface area contributed by atoms with E-state index in [1.807, 2.05) is 13.0 Å². The number of aromatic hydroxyl groups is 1.